The summed E-state index contributed by atoms with van der Waals surface area (Å²) in [6.45, 7) is 2.14. The Morgan fingerprint density at radius 1 is 1.14 bits per heavy atom. The topological polar surface area (TPSA) is 71.8 Å². The van der Waals surface area contributed by atoms with Crippen molar-refractivity contribution in [1.29, 1.82) is 0 Å². The van der Waals surface area contributed by atoms with E-state index >= 15 is 0 Å². The third-order valence-corrected chi connectivity index (χ3v) is 7.27. The molecule has 2 aromatic heterocycles. The number of thioether (sulfide) groups is 1. The fourth-order valence-corrected chi connectivity index (χ4v) is 4.91. The Balaban J connectivity index is 1.24. The predicted molar refractivity (Wildman–Crippen MR) is 140 cm³/mol. The smallest absolute Gasteiger partial charge is 0.223 e. The summed E-state index contributed by atoms with van der Waals surface area (Å²) in [6, 6.07) is 18.3. The quantitative estimate of drug-likeness (QED) is 0.382. The maximum absolute atomic E-state index is 12.8. The molecule has 1 amide bonds. The molecule has 0 radical (unpaired) electrons. The molecule has 1 saturated heterocycles. The highest BCUT2D eigenvalue weighted by molar-refractivity contribution is 7.98. The number of rotatable bonds is 7. The molecule has 8 heteroatoms. The zero-order chi connectivity index (χ0) is 24.2. The minimum absolute atomic E-state index is 0.0220. The Morgan fingerprint density at radius 2 is 1.94 bits per heavy atom. The fourth-order valence-electron chi connectivity index (χ4n) is 4.51. The van der Waals surface area contributed by atoms with E-state index in [9.17, 15) is 4.79 Å². The van der Waals surface area contributed by atoms with Gasteiger partial charge >= 0.3 is 0 Å². The molecule has 0 saturated carbocycles. The number of amides is 1. The molecule has 1 fully saturated rings. The normalized spacial score (nSPS) is 14.3. The molecule has 0 bridgehead atoms. The van der Waals surface area contributed by atoms with Crippen LogP contribution in [0, 0.1) is 5.92 Å². The molecule has 0 aliphatic carbocycles. The van der Waals surface area contributed by atoms with Crippen LogP contribution >= 0.6 is 11.8 Å². The number of hydrogen-bond acceptors (Lipinski definition) is 6. The number of carbonyl (C=O) groups is 1. The maximum Gasteiger partial charge on any atom is 0.223 e. The van der Waals surface area contributed by atoms with Gasteiger partial charge in [-0.3, -0.25) is 4.79 Å². The molecule has 3 heterocycles. The van der Waals surface area contributed by atoms with Crippen LogP contribution in [0.2, 0.25) is 0 Å². The second-order valence-corrected chi connectivity index (χ2v) is 9.55. The highest BCUT2D eigenvalue weighted by Crippen LogP contribution is 2.29. The zero-order valence-corrected chi connectivity index (χ0v) is 20.8. The highest BCUT2D eigenvalue weighted by atomic mass is 32.2. The average Bonchev–Trinajstić information content (AvgIpc) is 3.37. The SMILES string of the molecule is COc1cccc(-c2cc3c(N4CCC(C(=O)NCc5ccc(SC)cc5)CC4)nccn3n2)c1. The Hall–Kier alpha value is -3.52. The van der Waals surface area contributed by atoms with Crippen LogP contribution in [0.3, 0.4) is 0 Å². The molecule has 4 aromatic rings. The number of fused-ring (bicyclic) bond motifs is 1. The maximum atomic E-state index is 12.8. The molecule has 0 atom stereocenters. The number of methoxy groups -OCH3 is 1. The number of carbonyl (C=O) groups excluding carboxylic acids is 1. The lowest BCUT2D eigenvalue weighted by Gasteiger charge is -2.32. The van der Waals surface area contributed by atoms with Crippen LogP contribution in [0.15, 0.2) is 71.9 Å². The lowest BCUT2D eigenvalue weighted by Crippen LogP contribution is -2.40. The number of benzene rings is 2. The standard InChI is InChI=1S/C27H29N5O2S/c1-34-22-5-3-4-21(16-22)24-17-25-26(28-12-15-32(25)30-24)31-13-10-20(11-14-31)27(33)29-18-19-6-8-23(35-2)9-7-19/h3-9,12,15-17,20H,10-11,13-14,18H2,1-2H3,(H,29,33). The van der Waals surface area contributed by atoms with Crippen molar-refractivity contribution in [1.82, 2.24) is 19.9 Å². The van der Waals surface area contributed by atoms with Crippen LogP contribution in [0.1, 0.15) is 18.4 Å². The number of anilines is 1. The van der Waals surface area contributed by atoms with E-state index in [4.69, 9.17) is 9.84 Å². The first-order valence-electron chi connectivity index (χ1n) is 11.8. The summed E-state index contributed by atoms with van der Waals surface area (Å²) in [5, 5.41) is 7.87. The summed E-state index contributed by atoms with van der Waals surface area (Å²) in [5.74, 6) is 1.86. The Kier molecular flexibility index (Phi) is 6.90. The molecule has 2 aromatic carbocycles. The second-order valence-electron chi connectivity index (χ2n) is 8.67. The largest absolute Gasteiger partial charge is 0.497 e. The van der Waals surface area contributed by atoms with Crippen molar-refractivity contribution in [2.24, 2.45) is 5.92 Å². The highest BCUT2D eigenvalue weighted by Gasteiger charge is 2.26. The molecule has 180 valence electrons. The predicted octanol–water partition coefficient (Wildman–Crippen LogP) is 4.66. The molecule has 0 unspecified atom stereocenters. The number of nitrogens with one attached hydrogen (secondary N) is 1. The van der Waals surface area contributed by atoms with Gasteiger partial charge in [-0.1, -0.05) is 24.3 Å². The van der Waals surface area contributed by atoms with E-state index in [0.717, 1.165) is 59.8 Å². The van der Waals surface area contributed by atoms with E-state index in [1.54, 1.807) is 25.1 Å². The number of hydrogen-bond donors (Lipinski definition) is 1. The number of nitrogens with zero attached hydrogens (tertiary/aromatic N) is 4. The van der Waals surface area contributed by atoms with Gasteiger partial charge in [0.2, 0.25) is 5.91 Å². The summed E-state index contributed by atoms with van der Waals surface area (Å²) in [4.78, 5) is 20.9. The van der Waals surface area contributed by atoms with Crippen LogP contribution in [0.4, 0.5) is 5.82 Å². The number of aromatic nitrogens is 3. The van der Waals surface area contributed by atoms with E-state index in [1.807, 2.05) is 35.0 Å². The van der Waals surface area contributed by atoms with E-state index in [1.165, 1.54) is 4.90 Å². The first kappa shape index (κ1) is 23.2. The van der Waals surface area contributed by atoms with Gasteiger partial charge in [0.05, 0.1) is 12.8 Å². The molecule has 1 aliphatic rings. The van der Waals surface area contributed by atoms with Gasteiger partial charge in [0.25, 0.3) is 0 Å². The molecular formula is C27H29N5O2S. The Labute approximate surface area is 209 Å². The first-order chi connectivity index (χ1) is 17.1. The van der Waals surface area contributed by atoms with Gasteiger partial charge in [-0.25, -0.2) is 9.50 Å². The summed E-state index contributed by atoms with van der Waals surface area (Å²) >= 11 is 1.72. The van der Waals surface area contributed by atoms with Crippen LogP contribution in [0.25, 0.3) is 16.8 Å². The van der Waals surface area contributed by atoms with Gasteiger partial charge in [-0.15, -0.1) is 11.8 Å². The molecule has 5 rings (SSSR count). The molecule has 0 spiro atoms. The van der Waals surface area contributed by atoms with Crippen molar-refractivity contribution in [3.05, 3.63) is 72.6 Å². The van der Waals surface area contributed by atoms with Gasteiger partial charge in [-0.05, 0) is 55.0 Å². The Morgan fingerprint density at radius 3 is 2.69 bits per heavy atom. The van der Waals surface area contributed by atoms with Crippen LogP contribution in [-0.2, 0) is 11.3 Å². The van der Waals surface area contributed by atoms with Crippen LogP contribution < -0.4 is 15.0 Å². The van der Waals surface area contributed by atoms with Gasteiger partial charge in [-0.2, -0.15) is 5.10 Å². The average molecular weight is 488 g/mol. The molecule has 7 nitrogen and oxygen atoms in total. The van der Waals surface area contributed by atoms with E-state index < -0.39 is 0 Å². The fraction of sp³-hybridized carbons (Fsp3) is 0.296. The van der Waals surface area contributed by atoms with E-state index in [2.05, 4.69) is 51.8 Å². The molecule has 1 aliphatic heterocycles. The van der Waals surface area contributed by atoms with Crippen molar-refractivity contribution in [3.8, 4) is 17.0 Å². The van der Waals surface area contributed by atoms with Crippen molar-refractivity contribution < 1.29 is 9.53 Å². The molecular weight excluding hydrogens is 458 g/mol. The summed E-state index contributed by atoms with van der Waals surface area (Å²) in [5.41, 5.74) is 3.95. The molecule has 1 N–H and O–H groups in total. The van der Waals surface area contributed by atoms with E-state index in [-0.39, 0.29) is 11.8 Å². The third-order valence-electron chi connectivity index (χ3n) is 6.53. The minimum Gasteiger partial charge on any atom is -0.497 e. The lowest BCUT2D eigenvalue weighted by molar-refractivity contribution is -0.125. The minimum atomic E-state index is 0.0220. The summed E-state index contributed by atoms with van der Waals surface area (Å²) in [7, 11) is 1.66. The van der Waals surface area contributed by atoms with Gasteiger partial charge < -0.3 is 15.0 Å². The van der Waals surface area contributed by atoms with Crippen LogP contribution in [-0.4, -0.2) is 47.0 Å². The second kappa shape index (κ2) is 10.4. The monoisotopic (exact) mass is 487 g/mol. The van der Waals surface area contributed by atoms with Crippen LogP contribution in [0.5, 0.6) is 5.75 Å². The van der Waals surface area contributed by atoms with Gasteiger partial charge in [0.15, 0.2) is 5.82 Å². The zero-order valence-electron chi connectivity index (χ0n) is 20.0. The van der Waals surface area contributed by atoms with Crippen molar-refractivity contribution in [3.63, 3.8) is 0 Å². The van der Waals surface area contributed by atoms with E-state index in [0.29, 0.717) is 6.54 Å². The van der Waals surface area contributed by atoms with Gasteiger partial charge in [0.1, 0.15) is 11.3 Å². The van der Waals surface area contributed by atoms with Crippen molar-refractivity contribution in [2.75, 3.05) is 31.4 Å². The van der Waals surface area contributed by atoms with Crippen molar-refractivity contribution in [2.45, 2.75) is 24.3 Å². The first-order valence-corrected chi connectivity index (χ1v) is 13.0. The lowest BCUT2D eigenvalue weighted by atomic mass is 9.95. The summed E-state index contributed by atoms with van der Waals surface area (Å²) < 4.78 is 7.24. The number of piperidine rings is 1. The van der Waals surface area contributed by atoms with Crippen molar-refractivity contribution >= 4 is 29.0 Å². The third kappa shape index (κ3) is 5.12. The Bertz CT molecular complexity index is 1310. The summed E-state index contributed by atoms with van der Waals surface area (Å²) in [6.07, 6.45) is 7.32. The number of ether oxygens (including phenoxy) is 1. The van der Waals surface area contributed by atoms with Gasteiger partial charge in [0, 0.05) is 48.4 Å². The molecule has 35 heavy (non-hydrogen) atoms.